The van der Waals surface area contributed by atoms with Crippen LogP contribution in [0.3, 0.4) is 0 Å². The number of esters is 1. The average Bonchev–Trinajstić information content (AvgIpc) is 2.30. The van der Waals surface area contributed by atoms with Crippen molar-refractivity contribution >= 4 is 23.0 Å². The number of nitrogens with one attached hydrogen (secondary N) is 1. The highest BCUT2D eigenvalue weighted by Gasteiger charge is 2.13. The lowest BCUT2D eigenvalue weighted by Gasteiger charge is -2.01. The van der Waals surface area contributed by atoms with Crippen molar-refractivity contribution in [2.75, 3.05) is 17.8 Å². The molecule has 1 aromatic rings. The molecule has 0 atom stereocenters. The van der Waals surface area contributed by atoms with Gasteiger partial charge in [0.2, 0.25) is 5.69 Å². The van der Waals surface area contributed by atoms with Crippen molar-refractivity contribution in [3.05, 3.63) is 30.1 Å². The van der Waals surface area contributed by atoms with Crippen molar-refractivity contribution in [1.82, 2.24) is 0 Å². The Bertz CT molecular complexity index is 409. The summed E-state index contributed by atoms with van der Waals surface area (Å²) in [7, 11) is 0. The number of hydrogen-bond donors (Lipinski definition) is 1. The standard InChI is InChI=1S/C11H14N2O3S/c1-3-16-10(14)8-17-11(15)12-13-7-5-4-6-9(13)2/h4-7H,3,8H2,1-2H3/p+1. The zero-order chi connectivity index (χ0) is 12.7. The van der Waals surface area contributed by atoms with Crippen LogP contribution in [0.15, 0.2) is 24.4 Å². The lowest BCUT2D eigenvalue weighted by molar-refractivity contribution is -0.647. The van der Waals surface area contributed by atoms with Gasteiger partial charge in [-0.2, -0.15) is 0 Å². The smallest absolute Gasteiger partial charge is 0.333 e. The number of carbonyl (C=O) groups is 2. The summed E-state index contributed by atoms with van der Waals surface area (Å²) in [5.41, 5.74) is 3.54. The molecule has 1 aromatic heterocycles. The van der Waals surface area contributed by atoms with Crippen LogP contribution in [-0.2, 0) is 9.53 Å². The summed E-state index contributed by atoms with van der Waals surface area (Å²) in [5.74, 6) is -0.367. The van der Waals surface area contributed by atoms with E-state index >= 15 is 0 Å². The topological polar surface area (TPSA) is 59.3 Å². The van der Waals surface area contributed by atoms with E-state index in [1.165, 1.54) is 0 Å². The molecule has 0 radical (unpaired) electrons. The van der Waals surface area contributed by atoms with Gasteiger partial charge in [0.1, 0.15) is 5.75 Å². The second-order valence-electron chi connectivity index (χ2n) is 3.20. The number of aryl methyl sites for hydroxylation is 1. The molecule has 1 amide bonds. The number of nitrogens with zero attached hydrogens (tertiary/aromatic N) is 1. The van der Waals surface area contributed by atoms with Crippen LogP contribution >= 0.6 is 11.8 Å². The maximum atomic E-state index is 11.5. The molecule has 1 N–H and O–H groups in total. The Morgan fingerprint density at radius 1 is 1.47 bits per heavy atom. The summed E-state index contributed by atoms with van der Waals surface area (Å²) < 4.78 is 6.32. The SMILES string of the molecule is CCOC(=O)CSC(=O)N[n+]1ccccc1C. The van der Waals surface area contributed by atoms with Crippen molar-refractivity contribution in [2.45, 2.75) is 13.8 Å². The van der Waals surface area contributed by atoms with Gasteiger partial charge in [-0.25, -0.2) is 0 Å². The van der Waals surface area contributed by atoms with E-state index in [1.54, 1.807) is 17.8 Å². The highest BCUT2D eigenvalue weighted by Crippen LogP contribution is 2.02. The van der Waals surface area contributed by atoms with Gasteiger partial charge in [-0.05, 0) is 24.8 Å². The molecular weight excluding hydrogens is 240 g/mol. The predicted octanol–water partition coefficient (Wildman–Crippen LogP) is 1.24. The minimum Gasteiger partial charge on any atom is -0.465 e. The van der Waals surface area contributed by atoms with E-state index in [0.717, 1.165) is 17.5 Å². The molecule has 0 bridgehead atoms. The van der Waals surface area contributed by atoms with Crippen LogP contribution < -0.4 is 10.1 Å². The summed E-state index contributed by atoms with van der Waals surface area (Å²) in [5, 5.41) is -0.294. The van der Waals surface area contributed by atoms with Gasteiger partial charge in [0.25, 0.3) is 0 Å². The van der Waals surface area contributed by atoms with Crippen LogP contribution in [0.2, 0.25) is 0 Å². The second kappa shape index (κ2) is 6.90. The fraction of sp³-hybridized carbons (Fsp3) is 0.364. The quantitative estimate of drug-likeness (QED) is 0.649. The molecular formula is C11H15N2O3S+. The summed E-state index contributed by atoms with van der Waals surface area (Å²) >= 11 is 0.883. The van der Waals surface area contributed by atoms with E-state index in [-0.39, 0.29) is 17.0 Å². The largest absolute Gasteiger partial charge is 0.465 e. The monoisotopic (exact) mass is 255 g/mol. The molecule has 0 saturated carbocycles. The first-order chi connectivity index (χ1) is 8.13. The Labute approximate surface area is 104 Å². The van der Waals surface area contributed by atoms with E-state index < -0.39 is 0 Å². The second-order valence-corrected chi connectivity index (χ2v) is 4.15. The Balaban J connectivity index is 2.40. The van der Waals surface area contributed by atoms with E-state index in [1.807, 2.05) is 25.1 Å². The molecule has 0 aliphatic carbocycles. The molecule has 6 heteroatoms. The first-order valence-corrected chi connectivity index (χ1v) is 6.18. The third-order valence-corrected chi connectivity index (χ3v) is 2.64. The van der Waals surface area contributed by atoms with Crippen LogP contribution in [-0.4, -0.2) is 23.6 Å². The Kier molecular flexibility index (Phi) is 5.48. The normalized spacial score (nSPS) is 9.76. The zero-order valence-corrected chi connectivity index (χ0v) is 10.6. The Hall–Kier alpha value is -1.56. The molecule has 0 saturated heterocycles. The lowest BCUT2D eigenvalue weighted by atomic mass is 10.4. The maximum absolute atomic E-state index is 11.5. The summed E-state index contributed by atoms with van der Waals surface area (Å²) in [6.07, 6.45) is 1.73. The molecule has 5 nitrogen and oxygen atoms in total. The fourth-order valence-corrected chi connectivity index (χ4v) is 1.61. The number of hydrogen-bond acceptors (Lipinski definition) is 4. The molecule has 0 aliphatic heterocycles. The predicted molar refractivity (Wildman–Crippen MR) is 65.2 cm³/mol. The number of carbonyl (C=O) groups excluding carboxylic acids is 2. The van der Waals surface area contributed by atoms with Gasteiger partial charge >= 0.3 is 11.2 Å². The van der Waals surface area contributed by atoms with Crippen molar-refractivity contribution in [3.63, 3.8) is 0 Å². The van der Waals surface area contributed by atoms with Crippen molar-refractivity contribution in [2.24, 2.45) is 0 Å². The molecule has 0 aliphatic rings. The molecule has 1 heterocycles. The number of rotatable bonds is 4. The first kappa shape index (κ1) is 13.5. The van der Waals surface area contributed by atoms with Gasteiger partial charge in [0.05, 0.1) is 6.61 Å². The van der Waals surface area contributed by atoms with Gasteiger partial charge < -0.3 is 4.74 Å². The highest BCUT2D eigenvalue weighted by atomic mass is 32.2. The number of amides is 1. The zero-order valence-electron chi connectivity index (χ0n) is 9.80. The van der Waals surface area contributed by atoms with Crippen molar-refractivity contribution in [1.29, 1.82) is 0 Å². The summed E-state index contributed by atoms with van der Waals surface area (Å²) in [6.45, 7) is 3.93. The van der Waals surface area contributed by atoms with Gasteiger partial charge in [0, 0.05) is 19.1 Å². The molecule has 1 rings (SSSR count). The molecule has 92 valence electrons. The third-order valence-electron chi connectivity index (χ3n) is 1.90. The molecule has 17 heavy (non-hydrogen) atoms. The number of ether oxygens (including phenoxy) is 1. The van der Waals surface area contributed by atoms with E-state index in [9.17, 15) is 9.59 Å². The first-order valence-electron chi connectivity index (χ1n) is 5.20. The minimum atomic E-state index is -0.387. The van der Waals surface area contributed by atoms with Crippen LogP contribution in [0.25, 0.3) is 0 Å². The van der Waals surface area contributed by atoms with Gasteiger partial charge in [-0.15, -0.1) is 5.43 Å². The number of pyridine rings is 1. The van der Waals surface area contributed by atoms with Gasteiger partial charge in [0.15, 0.2) is 6.20 Å². The maximum Gasteiger partial charge on any atom is 0.333 e. The summed E-state index contributed by atoms with van der Waals surface area (Å²) in [6, 6.07) is 5.56. The van der Waals surface area contributed by atoms with Crippen LogP contribution in [0.4, 0.5) is 4.79 Å². The van der Waals surface area contributed by atoms with E-state index in [4.69, 9.17) is 4.74 Å². The third kappa shape index (κ3) is 4.86. The van der Waals surface area contributed by atoms with Crippen LogP contribution in [0.1, 0.15) is 12.6 Å². The number of thioether (sulfide) groups is 1. The van der Waals surface area contributed by atoms with E-state index in [0.29, 0.717) is 6.61 Å². The molecule has 0 aromatic carbocycles. The number of aromatic nitrogens is 1. The van der Waals surface area contributed by atoms with Crippen molar-refractivity contribution in [3.8, 4) is 0 Å². The van der Waals surface area contributed by atoms with Gasteiger partial charge in [-0.3, -0.25) is 9.59 Å². The van der Waals surface area contributed by atoms with E-state index in [2.05, 4.69) is 5.43 Å². The molecule has 0 spiro atoms. The minimum absolute atomic E-state index is 0.0200. The Morgan fingerprint density at radius 3 is 2.88 bits per heavy atom. The Morgan fingerprint density at radius 2 is 2.24 bits per heavy atom. The van der Waals surface area contributed by atoms with Crippen LogP contribution in [0, 0.1) is 6.92 Å². The lowest BCUT2D eigenvalue weighted by Crippen LogP contribution is -2.49. The van der Waals surface area contributed by atoms with Gasteiger partial charge in [-0.1, -0.05) is 4.68 Å². The van der Waals surface area contributed by atoms with Crippen molar-refractivity contribution < 1.29 is 19.0 Å². The average molecular weight is 255 g/mol. The molecule has 0 unspecified atom stereocenters. The molecule has 0 fully saturated rings. The highest BCUT2D eigenvalue weighted by molar-refractivity contribution is 8.14. The fourth-order valence-electron chi connectivity index (χ4n) is 1.11. The summed E-state index contributed by atoms with van der Waals surface area (Å²) in [4.78, 5) is 22.5. The van der Waals surface area contributed by atoms with Crippen LogP contribution in [0.5, 0.6) is 0 Å².